The lowest BCUT2D eigenvalue weighted by molar-refractivity contribution is -0.139. The molecule has 0 aromatic carbocycles. The molecule has 1 saturated heterocycles. The van der Waals surface area contributed by atoms with Gasteiger partial charge in [-0.1, -0.05) is 168 Å². The maximum absolute atomic E-state index is 13.1. The number of hydrogen-bond donors (Lipinski definition) is 0. The summed E-state index contributed by atoms with van der Waals surface area (Å²) in [5.41, 5.74) is 0. The van der Waals surface area contributed by atoms with Gasteiger partial charge in [0.05, 0.1) is 0 Å². The van der Waals surface area contributed by atoms with Gasteiger partial charge in [-0.2, -0.15) is 4.67 Å². The summed E-state index contributed by atoms with van der Waals surface area (Å²) in [7, 11) is -3.83. The normalized spacial score (nSPS) is 13.4. The van der Waals surface area contributed by atoms with Gasteiger partial charge in [0.2, 0.25) is 0 Å². The van der Waals surface area contributed by atoms with Crippen molar-refractivity contribution in [3.8, 4) is 0 Å². The summed E-state index contributed by atoms with van der Waals surface area (Å²) in [4.78, 5) is 24.7. The Balaban J connectivity index is 2.02. The molecule has 0 aliphatic carbocycles. The number of hydrogen-bond acceptors (Lipinski definition) is 5. The minimum atomic E-state index is -3.83. The highest BCUT2D eigenvalue weighted by atomic mass is 31.2. The van der Waals surface area contributed by atoms with Crippen LogP contribution in [0.1, 0.15) is 194 Å². The van der Waals surface area contributed by atoms with Gasteiger partial charge in [-0.3, -0.25) is 9.59 Å². The molecule has 0 spiro atoms. The van der Waals surface area contributed by atoms with Crippen LogP contribution in [0, 0.1) is 0 Å². The van der Waals surface area contributed by atoms with Gasteiger partial charge in [0.1, 0.15) is 0 Å². The summed E-state index contributed by atoms with van der Waals surface area (Å²) in [6, 6.07) is 0. The van der Waals surface area contributed by atoms with Crippen LogP contribution in [0.3, 0.4) is 0 Å². The highest BCUT2D eigenvalue weighted by molar-refractivity contribution is 7.52. The van der Waals surface area contributed by atoms with Crippen LogP contribution in [0.2, 0.25) is 0 Å². The lowest BCUT2D eigenvalue weighted by Gasteiger charge is -2.17. The van der Waals surface area contributed by atoms with Gasteiger partial charge in [0.15, 0.2) is 0 Å². The Hall–Kier alpha value is -0.870. The van der Waals surface area contributed by atoms with Crippen molar-refractivity contribution in [3.63, 3.8) is 0 Å². The minimum Gasteiger partial charge on any atom is -0.371 e. The number of carbonyl (C=O) groups is 2. The quantitative estimate of drug-likeness (QED) is 0.0448. The molecule has 0 bridgehead atoms. The molecule has 0 radical (unpaired) electrons. The van der Waals surface area contributed by atoms with Crippen molar-refractivity contribution in [3.05, 3.63) is 0 Å². The Kier molecular flexibility index (Phi) is 24.9. The molecule has 6 nitrogen and oxygen atoms in total. The molecule has 0 aromatic rings. The summed E-state index contributed by atoms with van der Waals surface area (Å²) < 4.78 is 25.1. The molecule has 1 aliphatic rings. The minimum absolute atomic E-state index is 0.228. The highest BCUT2D eigenvalue weighted by Crippen LogP contribution is 2.56. The number of carbonyl (C=O) groups excluding carboxylic acids is 2. The average molecular weight is 600 g/mol. The van der Waals surface area contributed by atoms with E-state index in [2.05, 4.69) is 13.8 Å². The number of rotatable bonds is 31. The fourth-order valence-electron chi connectivity index (χ4n) is 5.35. The second-order valence-corrected chi connectivity index (χ2v) is 14.2. The number of nitrogens with zero attached hydrogens (tertiary/aromatic N) is 1. The zero-order valence-corrected chi connectivity index (χ0v) is 28.0. The second kappa shape index (κ2) is 26.7. The molecule has 1 rings (SSSR count). The monoisotopic (exact) mass is 599 g/mol. The zero-order valence-electron chi connectivity index (χ0n) is 27.1. The first-order chi connectivity index (χ1) is 20.0. The topological polar surface area (TPSA) is 72.7 Å². The Morgan fingerprint density at radius 3 is 0.951 bits per heavy atom. The molecule has 0 atom stereocenters. The first-order valence-corrected chi connectivity index (χ1v) is 19.3. The van der Waals surface area contributed by atoms with E-state index in [0.29, 0.717) is 13.1 Å². The predicted molar refractivity (Wildman–Crippen MR) is 172 cm³/mol. The van der Waals surface area contributed by atoms with Crippen LogP contribution in [0.25, 0.3) is 0 Å². The molecule has 7 heteroatoms. The molecule has 1 aliphatic heterocycles. The lowest BCUT2D eigenvalue weighted by atomic mass is 10.0. The molecule has 41 heavy (non-hydrogen) atoms. The molecule has 1 fully saturated rings. The van der Waals surface area contributed by atoms with Crippen molar-refractivity contribution in [2.45, 2.75) is 194 Å². The van der Waals surface area contributed by atoms with E-state index in [4.69, 9.17) is 9.05 Å². The van der Waals surface area contributed by atoms with Crippen molar-refractivity contribution in [2.75, 3.05) is 13.1 Å². The van der Waals surface area contributed by atoms with Crippen LogP contribution in [0.15, 0.2) is 0 Å². The summed E-state index contributed by atoms with van der Waals surface area (Å²) in [6.45, 7) is 5.59. The Morgan fingerprint density at radius 1 is 0.463 bits per heavy atom. The van der Waals surface area contributed by atoms with E-state index in [1.165, 1.54) is 133 Å². The van der Waals surface area contributed by atoms with Crippen LogP contribution >= 0.6 is 7.75 Å². The molecule has 242 valence electrons. The van der Waals surface area contributed by atoms with Crippen molar-refractivity contribution in [1.82, 2.24) is 4.67 Å². The molecular weight excluding hydrogens is 533 g/mol. The van der Waals surface area contributed by atoms with E-state index >= 15 is 0 Å². The SMILES string of the molecule is CCCCCCCCCCCCCCCC(=O)OP(=O)(OC(=O)CCCCCCCCCCCCCCC)N1CC1. The zero-order chi connectivity index (χ0) is 29.9. The van der Waals surface area contributed by atoms with E-state index in [-0.39, 0.29) is 12.8 Å². The maximum atomic E-state index is 13.1. The Bertz CT molecular complexity index is 634. The molecule has 0 N–H and O–H groups in total. The fraction of sp³-hybridized carbons (Fsp3) is 0.941. The molecule has 0 unspecified atom stereocenters. The highest BCUT2D eigenvalue weighted by Gasteiger charge is 2.46. The smallest absolute Gasteiger partial charge is 0.371 e. The molecular formula is C34H66NO5P. The van der Waals surface area contributed by atoms with Crippen molar-refractivity contribution in [2.24, 2.45) is 0 Å². The van der Waals surface area contributed by atoms with Gasteiger partial charge in [-0.15, -0.1) is 0 Å². The Labute approximate surface area is 254 Å². The summed E-state index contributed by atoms with van der Waals surface area (Å²) in [6.07, 6.45) is 32.6. The van der Waals surface area contributed by atoms with Crippen molar-refractivity contribution in [1.29, 1.82) is 0 Å². The van der Waals surface area contributed by atoms with Crippen molar-refractivity contribution < 1.29 is 23.2 Å². The van der Waals surface area contributed by atoms with Crippen LogP contribution in [0.4, 0.5) is 0 Å². The first-order valence-electron chi connectivity index (χ1n) is 17.8. The average Bonchev–Trinajstić information content (AvgIpc) is 3.80. The van der Waals surface area contributed by atoms with Gasteiger partial charge in [-0.25, -0.2) is 4.57 Å². The third-order valence-electron chi connectivity index (χ3n) is 8.17. The third kappa shape index (κ3) is 23.3. The Morgan fingerprint density at radius 2 is 0.707 bits per heavy atom. The molecule has 0 aromatic heterocycles. The predicted octanol–water partition coefficient (Wildman–Crippen LogP) is 11.5. The lowest BCUT2D eigenvalue weighted by Crippen LogP contribution is -2.13. The van der Waals surface area contributed by atoms with E-state index in [1.807, 2.05) is 0 Å². The molecule has 0 saturated carbocycles. The number of unbranched alkanes of at least 4 members (excludes halogenated alkanes) is 24. The van der Waals surface area contributed by atoms with Gasteiger partial charge in [-0.05, 0) is 12.8 Å². The van der Waals surface area contributed by atoms with Gasteiger partial charge in [0.25, 0.3) is 0 Å². The van der Waals surface area contributed by atoms with Crippen LogP contribution in [-0.2, 0) is 23.2 Å². The standard InChI is InChI=1S/C34H66NO5P/c1-3-5-7-9-11-13-15-17-19-21-23-25-27-29-33(36)39-41(38,35-31-32-35)40-34(37)30-28-26-24-22-20-18-16-14-12-10-8-6-4-2/h3-32H2,1-2H3. The largest absolute Gasteiger partial charge is 0.520 e. The van der Waals surface area contributed by atoms with E-state index in [0.717, 1.165) is 38.5 Å². The molecule has 0 amide bonds. The summed E-state index contributed by atoms with van der Waals surface area (Å²) in [5.74, 6) is -1.03. The van der Waals surface area contributed by atoms with E-state index < -0.39 is 19.7 Å². The maximum Gasteiger partial charge on any atom is 0.520 e. The fourth-order valence-corrected chi connectivity index (χ4v) is 6.89. The third-order valence-corrected chi connectivity index (χ3v) is 10.1. The second-order valence-electron chi connectivity index (χ2n) is 12.3. The van der Waals surface area contributed by atoms with Crippen LogP contribution < -0.4 is 0 Å². The van der Waals surface area contributed by atoms with Gasteiger partial charge < -0.3 is 9.05 Å². The molecule has 1 heterocycles. The van der Waals surface area contributed by atoms with Gasteiger partial charge in [0, 0.05) is 25.9 Å². The van der Waals surface area contributed by atoms with E-state index in [1.54, 1.807) is 0 Å². The summed E-state index contributed by atoms with van der Waals surface area (Å²) >= 11 is 0. The summed E-state index contributed by atoms with van der Waals surface area (Å²) in [5, 5.41) is 0. The van der Waals surface area contributed by atoms with Crippen LogP contribution in [-0.4, -0.2) is 29.7 Å². The van der Waals surface area contributed by atoms with E-state index in [9.17, 15) is 14.2 Å². The van der Waals surface area contributed by atoms with Crippen LogP contribution in [0.5, 0.6) is 0 Å². The van der Waals surface area contributed by atoms with Crippen molar-refractivity contribution >= 4 is 19.7 Å². The first kappa shape index (κ1) is 38.2. The van der Waals surface area contributed by atoms with Gasteiger partial charge >= 0.3 is 19.7 Å².